The molecule has 0 spiro atoms. The van der Waals surface area contributed by atoms with Gasteiger partial charge in [0.05, 0.1) is 43.5 Å². The average Bonchev–Trinajstić information content (AvgIpc) is 3.01. The molecule has 0 saturated carbocycles. The molecule has 43 heavy (non-hydrogen) atoms. The predicted molar refractivity (Wildman–Crippen MR) is 161 cm³/mol. The maximum absolute atomic E-state index is 12.6. The van der Waals surface area contributed by atoms with E-state index < -0.39 is 5.60 Å². The summed E-state index contributed by atoms with van der Waals surface area (Å²) < 4.78 is 12.8. The first-order chi connectivity index (χ1) is 20.7. The van der Waals surface area contributed by atoms with Crippen LogP contribution in [-0.2, 0) is 11.3 Å². The van der Waals surface area contributed by atoms with Crippen molar-refractivity contribution in [2.75, 3.05) is 19.7 Å². The van der Waals surface area contributed by atoms with Gasteiger partial charge < -0.3 is 14.4 Å². The Kier molecular flexibility index (Phi) is 8.76. The second kappa shape index (κ2) is 12.8. The van der Waals surface area contributed by atoms with E-state index in [0.717, 1.165) is 18.4 Å². The lowest BCUT2D eigenvalue weighted by Crippen LogP contribution is -2.42. The lowest BCUT2D eigenvalue weighted by Gasteiger charge is -2.33. The minimum atomic E-state index is -0.503. The topological polar surface area (TPSA) is 117 Å². The third-order valence-corrected chi connectivity index (χ3v) is 6.87. The molecule has 0 unspecified atom stereocenters. The Hall–Kier alpha value is -5.11. The summed E-state index contributed by atoms with van der Waals surface area (Å²) in [4.78, 5) is 43.6. The molecule has 1 fully saturated rings. The van der Waals surface area contributed by atoms with Crippen molar-refractivity contribution in [2.45, 2.75) is 45.8 Å². The van der Waals surface area contributed by atoms with Crippen LogP contribution in [0.1, 0.15) is 39.3 Å². The number of pyridine rings is 1. The number of carbonyl (C=O) groups excluding carboxylic acids is 1. The standard InChI is InChI=1S/C32H33N7O4/c1-32(2,3)43-31(41)38-15-13-22(14-16-38)21-42-26-18-34-30(35-19-26)28-10-6-9-25(36-28)20-39-29(40)12-11-27(37-39)23-7-5-8-24(17-23)33-4/h5-12,17-19,22H,13-16,20-21H2,1-3H3. The Balaban J connectivity index is 1.18. The first kappa shape index (κ1) is 29.4. The minimum absolute atomic E-state index is 0.164. The van der Waals surface area contributed by atoms with Gasteiger partial charge in [0.15, 0.2) is 17.3 Å². The number of piperidine rings is 1. The number of ether oxygens (including phenoxy) is 2. The molecule has 11 heteroatoms. The molecule has 1 amide bonds. The van der Waals surface area contributed by atoms with Gasteiger partial charge in [-0.2, -0.15) is 5.10 Å². The van der Waals surface area contributed by atoms with Crippen LogP contribution in [0.25, 0.3) is 27.6 Å². The van der Waals surface area contributed by atoms with Crippen LogP contribution in [0.5, 0.6) is 5.75 Å². The second-order valence-corrected chi connectivity index (χ2v) is 11.4. The summed E-state index contributed by atoms with van der Waals surface area (Å²) >= 11 is 0. The van der Waals surface area contributed by atoms with Gasteiger partial charge in [-0.25, -0.2) is 29.3 Å². The molecule has 0 atom stereocenters. The van der Waals surface area contributed by atoms with Crippen LogP contribution in [0.2, 0.25) is 0 Å². The number of carbonyl (C=O) groups is 1. The normalized spacial score (nSPS) is 13.8. The van der Waals surface area contributed by atoms with Crippen molar-refractivity contribution < 1.29 is 14.3 Å². The monoisotopic (exact) mass is 579 g/mol. The minimum Gasteiger partial charge on any atom is -0.490 e. The number of nitrogens with zero attached hydrogens (tertiary/aromatic N) is 7. The van der Waals surface area contributed by atoms with Crippen LogP contribution in [0.15, 0.2) is 71.8 Å². The molecular formula is C32H33N7O4. The molecule has 0 N–H and O–H groups in total. The number of hydrogen-bond acceptors (Lipinski definition) is 8. The van der Waals surface area contributed by atoms with Crippen molar-refractivity contribution in [3.63, 3.8) is 0 Å². The zero-order valence-electron chi connectivity index (χ0n) is 24.4. The molecule has 0 radical (unpaired) electrons. The number of rotatable bonds is 7. The number of hydrogen-bond donors (Lipinski definition) is 0. The first-order valence-corrected chi connectivity index (χ1v) is 14.1. The lowest BCUT2D eigenvalue weighted by molar-refractivity contribution is 0.0165. The van der Waals surface area contributed by atoms with Gasteiger partial charge in [0, 0.05) is 19.2 Å². The highest BCUT2D eigenvalue weighted by atomic mass is 16.6. The van der Waals surface area contributed by atoms with Gasteiger partial charge in [0.2, 0.25) is 0 Å². The van der Waals surface area contributed by atoms with Crippen molar-refractivity contribution in [3.05, 3.63) is 94.5 Å². The molecule has 1 aliphatic rings. The Bertz CT molecular complexity index is 1680. The third-order valence-electron chi connectivity index (χ3n) is 6.87. The maximum atomic E-state index is 12.6. The highest BCUT2D eigenvalue weighted by Gasteiger charge is 2.27. The van der Waals surface area contributed by atoms with Gasteiger partial charge in [0.1, 0.15) is 11.3 Å². The molecule has 11 nitrogen and oxygen atoms in total. The first-order valence-electron chi connectivity index (χ1n) is 14.1. The van der Waals surface area contributed by atoms with Gasteiger partial charge in [-0.3, -0.25) is 4.79 Å². The van der Waals surface area contributed by atoms with Crippen molar-refractivity contribution >= 4 is 11.8 Å². The van der Waals surface area contributed by atoms with Crippen LogP contribution in [0, 0.1) is 12.5 Å². The van der Waals surface area contributed by atoms with Gasteiger partial charge in [0.25, 0.3) is 5.56 Å². The van der Waals surface area contributed by atoms with E-state index in [9.17, 15) is 9.59 Å². The number of benzene rings is 1. The van der Waals surface area contributed by atoms with Crippen LogP contribution >= 0.6 is 0 Å². The smallest absolute Gasteiger partial charge is 0.410 e. The summed E-state index contributed by atoms with van der Waals surface area (Å²) in [6.07, 6.45) is 4.65. The van der Waals surface area contributed by atoms with Gasteiger partial charge in [-0.15, -0.1) is 0 Å². The van der Waals surface area contributed by atoms with Crippen LogP contribution in [-0.4, -0.2) is 61.0 Å². The van der Waals surface area contributed by atoms with Crippen LogP contribution in [0.3, 0.4) is 0 Å². The van der Waals surface area contributed by atoms with Crippen LogP contribution in [0.4, 0.5) is 10.5 Å². The molecule has 4 aromatic rings. The predicted octanol–water partition coefficient (Wildman–Crippen LogP) is 5.39. The largest absolute Gasteiger partial charge is 0.490 e. The molecule has 0 aliphatic carbocycles. The van der Waals surface area contributed by atoms with Gasteiger partial charge in [-0.05, 0) is 69.4 Å². The summed E-state index contributed by atoms with van der Waals surface area (Å²) in [6.45, 7) is 14.8. The molecule has 3 aromatic heterocycles. The van der Waals surface area contributed by atoms with E-state index in [0.29, 0.717) is 60.0 Å². The number of aromatic nitrogens is 5. The summed E-state index contributed by atoms with van der Waals surface area (Å²) in [5.74, 6) is 1.32. The molecule has 5 rings (SSSR count). The Morgan fingerprint density at radius 1 is 1.02 bits per heavy atom. The fourth-order valence-corrected chi connectivity index (χ4v) is 4.64. The molecule has 1 aromatic carbocycles. The molecule has 220 valence electrons. The lowest BCUT2D eigenvalue weighted by atomic mass is 9.98. The average molecular weight is 580 g/mol. The van der Waals surface area contributed by atoms with Crippen molar-refractivity contribution in [1.29, 1.82) is 0 Å². The zero-order valence-corrected chi connectivity index (χ0v) is 24.4. The highest BCUT2D eigenvalue weighted by molar-refractivity contribution is 5.68. The van der Waals surface area contributed by atoms with E-state index in [1.165, 1.54) is 10.7 Å². The second-order valence-electron chi connectivity index (χ2n) is 11.4. The van der Waals surface area contributed by atoms with E-state index in [1.54, 1.807) is 47.6 Å². The SMILES string of the molecule is [C-]#[N+]c1cccc(-c2ccc(=O)n(Cc3cccc(-c4ncc(OCC5CCN(C(=O)OC(C)(C)C)CC5)cn4)n3)n2)c1. The molecular weight excluding hydrogens is 546 g/mol. The fraction of sp³-hybridized carbons (Fsp3) is 0.344. The Labute approximate surface area is 250 Å². The summed E-state index contributed by atoms with van der Waals surface area (Å²) in [7, 11) is 0. The van der Waals surface area contributed by atoms with Gasteiger partial charge >= 0.3 is 6.09 Å². The van der Waals surface area contributed by atoms with Crippen molar-refractivity contribution in [2.24, 2.45) is 5.92 Å². The third kappa shape index (κ3) is 7.80. The Morgan fingerprint density at radius 2 is 1.77 bits per heavy atom. The number of amides is 1. The van der Waals surface area contributed by atoms with E-state index in [4.69, 9.17) is 16.0 Å². The Morgan fingerprint density at radius 3 is 2.49 bits per heavy atom. The highest BCUT2D eigenvalue weighted by Crippen LogP contribution is 2.23. The van der Waals surface area contributed by atoms with Gasteiger partial charge in [-0.1, -0.05) is 24.3 Å². The maximum Gasteiger partial charge on any atom is 0.410 e. The van der Waals surface area contributed by atoms with Crippen molar-refractivity contribution in [1.82, 2.24) is 29.6 Å². The summed E-state index contributed by atoms with van der Waals surface area (Å²) in [6, 6.07) is 15.7. The van der Waals surface area contributed by atoms with E-state index >= 15 is 0 Å². The zero-order chi connectivity index (χ0) is 30.4. The summed E-state index contributed by atoms with van der Waals surface area (Å²) in [5, 5.41) is 4.50. The number of likely N-dealkylation sites (tertiary alicyclic amines) is 1. The van der Waals surface area contributed by atoms with E-state index in [2.05, 4.69) is 24.9 Å². The van der Waals surface area contributed by atoms with E-state index in [1.807, 2.05) is 39.0 Å². The molecule has 0 bridgehead atoms. The summed E-state index contributed by atoms with van der Waals surface area (Å²) in [5.41, 5.74) is 2.28. The van der Waals surface area contributed by atoms with Crippen LogP contribution < -0.4 is 10.3 Å². The molecule has 1 saturated heterocycles. The quantitative estimate of drug-likeness (QED) is 0.268. The molecule has 4 heterocycles. The molecule has 1 aliphatic heterocycles. The van der Waals surface area contributed by atoms with E-state index in [-0.39, 0.29) is 18.2 Å². The van der Waals surface area contributed by atoms with Crippen molar-refractivity contribution in [3.8, 4) is 28.5 Å². The fourth-order valence-electron chi connectivity index (χ4n) is 4.64.